The molecule has 0 amide bonds. The van der Waals surface area contributed by atoms with Crippen LogP contribution in [0.25, 0.3) is 0 Å². The fraction of sp³-hybridized carbons (Fsp3) is 0.737. The lowest BCUT2D eigenvalue weighted by molar-refractivity contribution is 0.187. The molecule has 1 N–H and O–H groups in total. The molecule has 2 fully saturated rings. The normalized spacial score (nSPS) is 22.8. The molecule has 26 heavy (non-hydrogen) atoms. The number of imidazole rings is 1. The summed E-state index contributed by atoms with van der Waals surface area (Å²) in [6.45, 7) is 3.02. The van der Waals surface area contributed by atoms with Gasteiger partial charge in [0.1, 0.15) is 12.4 Å². The van der Waals surface area contributed by atoms with E-state index in [0.717, 1.165) is 31.9 Å². The summed E-state index contributed by atoms with van der Waals surface area (Å²) in [6.07, 6.45) is 13.0. The van der Waals surface area contributed by atoms with Crippen LogP contribution >= 0.6 is 0 Å². The number of aliphatic hydroxyl groups is 1. The zero-order valence-corrected chi connectivity index (χ0v) is 15.7. The number of aliphatic hydroxyl groups excluding tert-OH is 1. The van der Waals surface area contributed by atoms with Crippen molar-refractivity contribution in [2.75, 3.05) is 13.1 Å². The van der Waals surface area contributed by atoms with Crippen molar-refractivity contribution in [3.8, 4) is 0 Å². The van der Waals surface area contributed by atoms with Crippen LogP contribution in [0.5, 0.6) is 0 Å². The van der Waals surface area contributed by atoms with Gasteiger partial charge in [-0.1, -0.05) is 19.3 Å². The topological polar surface area (TPSA) is 72.0 Å². The summed E-state index contributed by atoms with van der Waals surface area (Å²) < 4.78 is 4.38. The van der Waals surface area contributed by atoms with E-state index >= 15 is 0 Å². The Morgan fingerprint density at radius 3 is 2.73 bits per heavy atom. The molecule has 1 aliphatic carbocycles. The van der Waals surface area contributed by atoms with Crippen molar-refractivity contribution >= 4 is 0 Å². The first-order chi connectivity index (χ1) is 12.8. The van der Waals surface area contributed by atoms with Crippen molar-refractivity contribution < 1.29 is 5.11 Å². The number of hydrogen-bond donors (Lipinski definition) is 1. The van der Waals surface area contributed by atoms with Gasteiger partial charge in [0.05, 0.1) is 12.0 Å². The molecule has 1 aliphatic heterocycles. The van der Waals surface area contributed by atoms with E-state index in [0.29, 0.717) is 17.8 Å². The van der Waals surface area contributed by atoms with Crippen molar-refractivity contribution in [2.24, 2.45) is 7.05 Å². The average molecular weight is 358 g/mol. The summed E-state index contributed by atoms with van der Waals surface area (Å²) in [4.78, 5) is 6.98. The van der Waals surface area contributed by atoms with Gasteiger partial charge in [-0.25, -0.2) is 4.98 Å². The quantitative estimate of drug-likeness (QED) is 0.888. The van der Waals surface area contributed by atoms with Gasteiger partial charge in [-0.15, -0.1) is 10.2 Å². The second kappa shape index (κ2) is 7.88. The van der Waals surface area contributed by atoms with Crippen LogP contribution in [0.3, 0.4) is 0 Å². The zero-order chi connectivity index (χ0) is 17.9. The highest BCUT2D eigenvalue weighted by Gasteiger charge is 2.27. The first-order valence-corrected chi connectivity index (χ1v) is 9.98. The van der Waals surface area contributed by atoms with Crippen LogP contribution in [0, 0.1) is 0 Å². The van der Waals surface area contributed by atoms with Gasteiger partial charge in [-0.05, 0) is 32.2 Å². The second-order valence-electron chi connectivity index (χ2n) is 7.85. The fourth-order valence-corrected chi connectivity index (χ4v) is 4.65. The Labute approximate surface area is 155 Å². The highest BCUT2D eigenvalue weighted by molar-refractivity contribution is 5.06. The minimum Gasteiger partial charge on any atom is -0.388 e. The van der Waals surface area contributed by atoms with E-state index in [1.807, 2.05) is 24.1 Å². The Hall–Kier alpha value is -1.73. The first-order valence-electron chi connectivity index (χ1n) is 9.98. The van der Waals surface area contributed by atoms with Crippen molar-refractivity contribution in [3.05, 3.63) is 29.9 Å². The Morgan fingerprint density at radius 2 is 1.96 bits per heavy atom. The summed E-state index contributed by atoms with van der Waals surface area (Å²) in [5, 5.41) is 17.8. The Bertz CT molecular complexity index is 717. The lowest BCUT2D eigenvalue weighted by Crippen LogP contribution is -2.35. The van der Waals surface area contributed by atoms with E-state index in [4.69, 9.17) is 0 Å². The van der Waals surface area contributed by atoms with E-state index in [1.165, 1.54) is 44.2 Å². The molecule has 0 radical (unpaired) electrons. The molecule has 2 aliphatic rings. The highest BCUT2D eigenvalue weighted by atomic mass is 16.3. The van der Waals surface area contributed by atoms with Gasteiger partial charge < -0.3 is 14.2 Å². The minimum absolute atomic E-state index is 0.0551. The lowest BCUT2D eigenvalue weighted by atomic mass is 9.95. The van der Waals surface area contributed by atoms with Crippen LogP contribution in [-0.4, -0.2) is 47.4 Å². The SMILES string of the molecule is Cn1c(CO)nnc1C1CCCN(Cc2cncn2C2CCCCC2)C1. The third-order valence-electron chi connectivity index (χ3n) is 6.11. The van der Waals surface area contributed by atoms with E-state index in [2.05, 4.69) is 24.6 Å². The number of hydrogen-bond acceptors (Lipinski definition) is 5. The van der Waals surface area contributed by atoms with Crippen LogP contribution in [-0.2, 0) is 20.2 Å². The molecule has 1 unspecified atom stereocenters. The first kappa shape index (κ1) is 17.7. The Balaban J connectivity index is 1.44. The molecule has 7 heteroatoms. The lowest BCUT2D eigenvalue weighted by Gasteiger charge is -2.33. The molecule has 0 aromatic carbocycles. The van der Waals surface area contributed by atoms with Crippen LogP contribution in [0.2, 0.25) is 0 Å². The molecular formula is C19H30N6O. The van der Waals surface area contributed by atoms with Crippen LogP contribution in [0.15, 0.2) is 12.5 Å². The van der Waals surface area contributed by atoms with Crippen LogP contribution < -0.4 is 0 Å². The van der Waals surface area contributed by atoms with Gasteiger partial charge in [0.15, 0.2) is 5.82 Å². The highest BCUT2D eigenvalue weighted by Crippen LogP contribution is 2.31. The molecule has 4 rings (SSSR count). The number of likely N-dealkylation sites (tertiary alicyclic amines) is 1. The summed E-state index contributed by atoms with van der Waals surface area (Å²) in [5.74, 6) is 2.03. The van der Waals surface area contributed by atoms with Crippen LogP contribution in [0.4, 0.5) is 0 Å². The number of aromatic nitrogens is 5. The molecule has 142 valence electrons. The van der Waals surface area contributed by atoms with Crippen LogP contribution in [0.1, 0.15) is 74.2 Å². The third-order valence-corrected chi connectivity index (χ3v) is 6.11. The molecule has 3 heterocycles. The van der Waals surface area contributed by atoms with E-state index in [1.54, 1.807) is 0 Å². The second-order valence-corrected chi connectivity index (χ2v) is 7.85. The molecule has 1 atom stereocenters. The van der Waals surface area contributed by atoms with E-state index in [-0.39, 0.29) is 6.61 Å². The molecular weight excluding hydrogens is 328 g/mol. The predicted octanol–water partition coefficient (Wildman–Crippen LogP) is 2.39. The summed E-state index contributed by atoms with van der Waals surface area (Å²) >= 11 is 0. The van der Waals surface area contributed by atoms with E-state index < -0.39 is 0 Å². The van der Waals surface area contributed by atoms with Crippen molar-refractivity contribution in [1.29, 1.82) is 0 Å². The smallest absolute Gasteiger partial charge is 0.158 e. The predicted molar refractivity (Wildman–Crippen MR) is 98.5 cm³/mol. The van der Waals surface area contributed by atoms with Crippen molar-refractivity contribution in [3.63, 3.8) is 0 Å². The maximum atomic E-state index is 9.36. The summed E-state index contributed by atoms with van der Waals surface area (Å²) in [6, 6.07) is 0.632. The zero-order valence-electron chi connectivity index (χ0n) is 15.7. The van der Waals surface area contributed by atoms with Gasteiger partial charge in [-0.3, -0.25) is 4.90 Å². The summed E-state index contributed by atoms with van der Waals surface area (Å²) in [5.41, 5.74) is 1.34. The molecule has 0 bridgehead atoms. The minimum atomic E-state index is -0.0551. The van der Waals surface area contributed by atoms with Gasteiger partial charge in [0.25, 0.3) is 0 Å². The fourth-order valence-electron chi connectivity index (χ4n) is 4.65. The third kappa shape index (κ3) is 3.55. The molecule has 1 saturated heterocycles. The monoisotopic (exact) mass is 358 g/mol. The van der Waals surface area contributed by atoms with Gasteiger partial charge in [0, 0.05) is 38.3 Å². The molecule has 7 nitrogen and oxygen atoms in total. The summed E-state index contributed by atoms with van der Waals surface area (Å²) in [7, 11) is 1.96. The molecule has 1 saturated carbocycles. The Morgan fingerprint density at radius 1 is 1.12 bits per heavy atom. The van der Waals surface area contributed by atoms with Crippen molar-refractivity contribution in [1.82, 2.24) is 29.2 Å². The van der Waals surface area contributed by atoms with Crippen molar-refractivity contribution in [2.45, 2.75) is 70.1 Å². The number of nitrogens with zero attached hydrogens (tertiary/aromatic N) is 6. The van der Waals surface area contributed by atoms with Gasteiger partial charge >= 0.3 is 0 Å². The molecule has 2 aromatic rings. The number of rotatable bonds is 5. The average Bonchev–Trinajstić information content (AvgIpc) is 3.29. The van der Waals surface area contributed by atoms with E-state index in [9.17, 15) is 5.11 Å². The molecule has 2 aromatic heterocycles. The Kier molecular flexibility index (Phi) is 5.36. The van der Waals surface area contributed by atoms with Gasteiger partial charge in [-0.2, -0.15) is 0 Å². The maximum Gasteiger partial charge on any atom is 0.158 e. The largest absolute Gasteiger partial charge is 0.388 e. The standard InChI is InChI=1S/C19H30N6O/c1-23-18(13-26)21-22-19(23)15-6-5-9-24(11-15)12-17-10-20-14-25(17)16-7-3-2-4-8-16/h10,14-16,26H,2-9,11-13H2,1H3. The van der Waals surface area contributed by atoms with Gasteiger partial charge in [0.2, 0.25) is 0 Å². The number of piperidine rings is 1. The maximum absolute atomic E-state index is 9.36. The molecule has 0 spiro atoms.